The number of benzene rings is 1. The second-order valence-electron chi connectivity index (χ2n) is 6.45. The maximum absolute atomic E-state index is 12.1. The molecule has 6 nitrogen and oxygen atoms in total. The Hall–Kier alpha value is -2.89. The molecular formula is C19H21N3O3. The van der Waals surface area contributed by atoms with Crippen LogP contribution in [0, 0.1) is 12.8 Å². The summed E-state index contributed by atoms with van der Waals surface area (Å²) in [6, 6.07) is 11.4. The minimum atomic E-state index is -0.795. The van der Waals surface area contributed by atoms with Crippen LogP contribution < -0.4 is 10.6 Å². The molecule has 25 heavy (non-hydrogen) atoms. The van der Waals surface area contributed by atoms with Gasteiger partial charge in [-0.1, -0.05) is 18.2 Å². The van der Waals surface area contributed by atoms with E-state index in [0.717, 1.165) is 22.5 Å². The first-order chi connectivity index (χ1) is 12.0. The van der Waals surface area contributed by atoms with Crippen LogP contribution in [0.4, 0.5) is 10.5 Å². The monoisotopic (exact) mass is 339 g/mol. The lowest BCUT2D eigenvalue weighted by atomic mass is 9.80. The lowest BCUT2D eigenvalue weighted by Gasteiger charge is -2.32. The first kappa shape index (κ1) is 17.0. The second-order valence-corrected chi connectivity index (χ2v) is 6.45. The number of urea groups is 1. The summed E-state index contributed by atoms with van der Waals surface area (Å²) in [5.41, 5.74) is 3.75. The van der Waals surface area contributed by atoms with Crippen molar-refractivity contribution in [2.45, 2.75) is 32.2 Å². The quantitative estimate of drug-likeness (QED) is 0.781. The van der Waals surface area contributed by atoms with E-state index >= 15 is 0 Å². The van der Waals surface area contributed by atoms with E-state index in [-0.39, 0.29) is 18.0 Å². The molecule has 3 N–H and O–H groups in total. The van der Waals surface area contributed by atoms with Gasteiger partial charge in [-0.05, 0) is 49.1 Å². The molecule has 3 rings (SSSR count). The molecule has 0 spiro atoms. The maximum Gasteiger partial charge on any atom is 0.319 e. The van der Waals surface area contributed by atoms with Gasteiger partial charge in [0.2, 0.25) is 0 Å². The number of nitrogens with one attached hydrogen (secondary N) is 2. The van der Waals surface area contributed by atoms with E-state index in [0.29, 0.717) is 19.3 Å². The summed E-state index contributed by atoms with van der Waals surface area (Å²) < 4.78 is 0. The lowest BCUT2D eigenvalue weighted by molar-refractivity contribution is -0.145. The third-order valence-electron chi connectivity index (χ3n) is 4.48. The minimum Gasteiger partial charge on any atom is -0.481 e. The van der Waals surface area contributed by atoms with Gasteiger partial charge < -0.3 is 15.7 Å². The molecule has 0 unspecified atom stereocenters. The number of anilines is 1. The summed E-state index contributed by atoms with van der Waals surface area (Å²) in [5, 5.41) is 14.6. The topological polar surface area (TPSA) is 91.3 Å². The molecule has 0 radical (unpaired) electrons. The van der Waals surface area contributed by atoms with Crippen molar-refractivity contribution < 1.29 is 14.7 Å². The molecule has 1 aromatic heterocycles. The van der Waals surface area contributed by atoms with E-state index in [2.05, 4.69) is 15.6 Å². The third kappa shape index (κ3) is 4.35. The predicted molar refractivity (Wildman–Crippen MR) is 94.5 cm³/mol. The smallest absolute Gasteiger partial charge is 0.319 e. The number of carbonyl (C=O) groups excluding carboxylic acids is 1. The molecule has 1 fully saturated rings. The van der Waals surface area contributed by atoms with Gasteiger partial charge in [0.25, 0.3) is 0 Å². The van der Waals surface area contributed by atoms with E-state index in [4.69, 9.17) is 5.11 Å². The molecule has 0 aliphatic heterocycles. The molecule has 1 aromatic carbocycles. The molecule has 130 valence electrons. The molecule has 2 aromatic rings. The zero-order valence-electron chi connectivity index (χ0n) is 14.0. The van der Waals surface area contributed by atoms with E-state index in [1.165, 1.54) is 0 Å². The van der Waals surface area contributed by atoms with Crippen molar-refractivity contribution in [3.63, 3.8) is 0 Å². The Kier molecular flexibility index (Phi) is 4.97. The van der Waals surface area contributed by atoms with Crippen LogP contribution in [0.15, 0.2) is 42.6 Å². The van der Waals surface area contributed by atoms with Gasteiger partial charge in [0.1, 0.15) is 0 Å². The Labute approximate surface area is 146 Å². The van der Waals surface area contributed by atoms with E-state index in [9.17, 15) is 9.59 Å². The van der Waals surface area contributed by atoms with Crippen LogP contribution in [0.1, 0.15) is 29.7 Å². The maximum atomic E-state index is 12.1. The normalized spacial score (nSPS) is 18.9. The first-order valence-corrected chi connectivity index (χ1v) is 8.31. The molecule has 6 heteroatoms. The number of carboxylic acid groups (broad SMARTS) is 1. The van der Waals surface area contributed by atoms with Gasteiger partial charge in [-0.2, -0.15) is 0 Å². The number of hydrogen-bond donors (Lipinski definition) is 3. The number of carbonyl (C=O) groups is 2. The number of rotatable bonds is 5. The standard InChI is InChI=1S/C19H21N3O3/c1-12-5-6-13(8-15-4-2-3-7-20-15)9-17(12)22-19(25)21-16-10-14(11-16)18(23)24/h2-7,9,14,16H,8,10-11H2,1H3,(H,23,24)(H2,21,22,25). The second kappa shape index (κ2) is 7.34. The van der Waals surface area contributed by atoms with Crippen molar-refractivity contribution in [3.8, 4) is 0 Å². The van der Waals surface area contributed by atoms with Gasteiger partial charge in [0.15, 0.2) is 0 Å². The van der Waals surface area contributed by atoms with Crippen LogP contribution in [-0.4, -0.2) is 28.1 Å². The SMILES string of the molecule is Cc1ccc(Cc2ccccn2)cc1NC(=O)NC1CC(C(=O)O)C1. The van der Waals surface area contributed by atoms with Crippen molar-refractivity contribution in [2.24, 2.45) is 5.92 Å². The molecule has 2 amide bonds. The summed E-state index contributed by atoms with van der Waals surface area (Å²) in [7, 11) is 0. The van der Waals surface area contributed by atoms with Gasteiger partial charge in [-0.3, -0.25) is 9.78 Å². The largest absolute Gasteiger partial charge is 0.481 e. The van der Waals surface area contributed by atoms with Crippen molar-refractivity contribution >= 4 is 17.7 Å². The molecular weight excluding hydrogens is 318 g/mol. The summed E-state index contributed by atoms with van der Waals surface area (Å²) in [6.45, 7) is 1.93. The van der Waals surface area contributed by atoms with Crippen LogP contribution in [0.5, 0.6) is 0 Å². The minimum absolute atomic E-state index is 0.0712. The fourth-order valence-electron chi connectivity index (χ4n) is 2.91. The van der Waals surface area contributed by atoms with Gasteiger partial charge in [0, 0.05) is 30.0 Å². The molecule has 0 atom stereocenters. The van der Waals surface area contributed by atoms with Crippen molar-refractivity contribution in [1.82, 2.24) is 10.3 Å². The zero-order chi connectivity index (χ0) is 17.8. The predicted octanol–water partition coefficient (Wildman–Crippen LogP) is 2.97. The summed E-state index contributed by atoms with van der Waals surface area (Å²) in [5.74, 6) is -1.13. The van der Waals surface area contributed by atoms with Crippen LogP contribution in [0.3, 0.4) is 0 Å². The Bertz CT molecular complexity index is 771. The Morgan fingerprint density at radius 3 is 2.72 bits per heavy atom. The number of nitrogens with zero attached hydrogens (tertiary/aromatic N) is 1. The average molecular weight is 339 g/mol. The average Bonchev–Trinajstić information content (AvgIpc) is 2.54. The van der Waals surface area contributed by atoms with Crippen molar-refractivity contribution in [2.75, 3.05) is 5.32 Å². The van der Waals surface area contributed by atoms with Crippen LogP contribution >= 0.6 is 0 Å². The van der Waals surface area contributed by atoms with Crippen molar-refractivity contribution in [3.05, 3.63) is 59.4 Å². The highest BCUT2D eigenvalue weighted by molar-refractivity contribution is 5.90. The van der Waals surface area contributed by atoms with Crippen LogP contribution in [0.2, 0.25) is 0 Å². The van der Waals surface area contributed by atoms with Gasteiger partial charge in [-0.25, -0.2) is 4.79 Å². The number of pyridine rings is 1. The molecule has 1 aliphatic carbocycles. The molecule has 0 saturated heterocycles. The Morgan fingerprint density at radius 2 is 2.04 bits per heavy atom. The number of hydrogen-bond acceptors (Lipinski definition) is 3. The van der Waals surface area contributed by atoms with Gasteiger partial charge in [0.05, 0.1) is 5.92 Å². The summed E-state index contributed by atoms with van der Waals surface area (Å²) in [4.78, 5) is 27.3. The highest BCUT2D eigenvalue weighted by atomic mass is 16.4. The van der Waals surface area contributed by atoms with Crippen molar-refractivity contribution in [1.29, 1.82) is 0 Å². The number of aromatic nitrogens is 1. The van der Waals surface area contributed by atoms with Gasteiger partial charge in [-0.15, -0.1) is 0 Å². The van der Waals surface area contributed by atoms with E-state index in [1.807, 2.05) is 43.3 Å². The van der Waals surface area contributed by atoms with E-state index in [1.54, 1.807) is 6.20 Å². The van der Waals surface area contributed by atoms with Crippen LogP contribution in [0.25, 0.3) is 0 Å². The van der Waals surface area contributed by atoms with E-state index < -0.39 is 5.97 Å². The molecule has 1 saturated carbocycles. The number of amides is 2. The first-order valence-electron chi connectivity index (χ1n) is 8.31. The van der Waals surface area contributed by atoms with Crippen LogP contribution in [-0.2, 0) is 11.2 Å². The Morgan fingerprint density at radius 1 is 1.24 bits per heavy atom. The highest BCUT2D eigenvalue weighted by Crippen LogP contribution is 2.27. The third-order valence-corrected chi connectivity index (χ3v) is 4.48. The number of carboxylic acids is 1. The lowest BCUT2D eigenvalue weighted by Crippen LogP contribution is -2.48. The zero-order valence-corrected chi connectivity index (χ0v) is 14.0. The molecule has 0 bridgehead atoms. The molecule has 1 heterocycles. The number of aryl methyl sites for hydroxylation is 1. The summed E-state index contributed by atoms with van der Waals surface area (Å²) >= 11 is 0. The Balaban J connectivity index is 1.59. The number of aliphatic carboxylic acids is 1. The fourth-order valence-corrected chi connectivity index (χ4v) is 2.91. The highest BCUT2D eigenvalue weighted by Gasteiger charge is 2.35. The van der Waals surface area contributed by atoms with Gasteiger partial charge >= 0.3 is 12.0 Å². The fraction of sp³-hybridized carbons (Fsp3) is 0.316. The molecule has 1 aliphatic rings. The summed E-state index contributed by atoms with van der Waals surface area (Å²) in [6.07, 6.45) is 3.43.